The largest absolute Gasteiger partial charge is 0.307 e. The third-order valence-corrected chi connectivity index (χ3v) is 5.92. The topological polar surface area (TPSA) is 15.6 Å². The molecule has 0 aromatic heterocycles. The molecule has 0 bridgehead atoms. The Morgan fingerprint density at radius 2 is 1.12 bits per heavy atom. The summed E-state index contributed by atoms with van der Waals surface area (Å²) in [6, 6.07) is 0. The van der Waals surface area contributed by atoms with Crippen LogP contribution in [0.4, 0.5) is 0 Å². The van der Waals surface area contributed by atoms with Gasteiger partial charge in [-0.1, -0.05) is 104 Å². The van der Waals surface area contributed by atoms with Crippen LogP contribution in [0, 0.1) is 0 Å². The molecule has 0 aromatic carbocycles. The van der Waals surface area contributed by atoms with E-state index in [0.29, 0.717) is 0 Å². The van der Waals surface area contributed by atoms with E-state index in [4.69, 9.17) is 0 Å². The zero-order chi connectivity index (χ0) is 19.1. The second-order valence-corrected chi connectivity index (χ2v) is 8.73. The molecular weight excluding hydrogens is 336 g/mol. The van der Waals surface area contributed by atoms with Gasteiger partial charge >= 0.3 is 0 Å². The van der Waals surface area contributed by atoms with Crippen molar-refractivity contribution in [3.63, 3.8) is 0 Å². The third-order valence-electron chi connectivity index (χ3n) is 4.84. The number of hydrogen-bond donors (Lipinski definition) is 0. The van der Waals surface area contributed by atoms with E-state index in [-0.39, 0.29) is 0 Å². The van der Waals surface area contributed by atoms with Crippen LogP contribution in [-0.2, 0) is 0 Å². The van der Waals surface area contributed by atoms with Crippen molar-refractivity contribution in [1.82, 2.24) is 4.31 Å². The Morgan fingerprint density at radius 3 is 1.73 bits per heavy atom. The molecular formula is C23H48N2S. The minimum absolute atomic E-state index is 1.00. The van der Waals surface area contributed by atoms with Crippen LogP contribution in [-0.4, -0.2) is 29.5 Å². The van der Waals surface area contributed by atoms with E-state index in [2.05, 4.69) is 36.4 Å². The van der Waals surface area contributed by atoms with Gasteiger partial charge in [0.1, 0.15) is 0 Å². The van der Waals surface area contributed by atoms with E-state index in [1.807, 2.05) is 11.9 Å². The smallest absolute Gasteiger partial charge is 0.0949 e. The lowest BCUT2D eigenvalue weighted by atomic mass is 10.1. The molecule has 0 N–H and O–H groups in total. The van der Waals surface area contributed by atoms with Gasteiger partial charge < -0.3 is 4.31 Å². The Labute approximate surface area is 170 Å². The van der Waals surface area contributed by atoms with Gasteiger partial charge in [0.05, 0.1) is 6.34 Å². The van der Waals surface area contributed by atoms with Crippen LogP contribution in [0.3, 0.4) is 0 Å². The summed E-state index contributed by atoms with van der Waals surface area (Å²) in [4.78, 5) is 4.68. The van der Waals surface area contributed by atoms with E-state index in [1.165, 1.54) is 115 Å². The van der Waals surface area contributed by atoms with Crippen LogP contribution in [0.2, 0.25) is 0 Å². The fourth-order valence-corrected chi connectivity index (χ4v) is 4.01. The van der Waals surface area contributed by atoms with E-state index in [9.17, 15) is 0 Å². The minimum atomic E-state index is 1.00. The highest BCUT2D eigenvalue weighted by molar-refractivity contribution is 7.97. The molecule has 0 fully saturated rings. The Morgan fingerprint density at radius 1 is 0.615 bits per heavy atom. The van der Waals surface area contributed by atoms with Crippen LogP contribution < -0.4 is 0 Å². The molecule has 26 heavy (non-hydrogen) atoms. The lowest BCUT2D eigenvalue weighted by Crippen LogP contribution is -2.16. The van der Waals surface area contributed by atoms with E-state index >= 15 is 0 Å². The molecule has 0 atom stereocenters. The molecule has 0 unspecified atom stereocenters. The Balaban J connectivity index is 3.79. The molecule has 0 radical (unpaired) electrons. The maximum Gasteiger partial charge on any atom is 0.0949 e. The van der Waals surface area contributed by atoms with Crippen LogP contribution in [0.15, 0.2) is 4.99 Å². The molecule has 0 spiro atoms. The van der Waals surface area contributed by atoms with Gasteiger partial charge in [0.15, 0.2) is 0 Å². The van der Waals surface area contributed by atoms with Crippen molar-refractivity contribution in [2.45, 2.75) is 124 Å². The summed E-state index contributed by atoms with van der Waals surface area (Å²) in [6.45, 7) is 9.01. The Bertz CT molecular complexity index is 281. The van der Waals surface area contributed by atoms with Gasteiger partial charge in [-0.3, -0.25) is 4.99 Å². The highest BCUT2D eigenvalue weighted by Crippen LogP contribution is 2.15. The number of rotatable bonds is 21. The van der Waals surface area contributed by atoms with Crippen LogP contribution in [0.5, 0.6) is 0 Å². The number of hydrogen-bond acceptors (Lipinski definition) is 2. The molecule has 0 saturated carbocycles. The molecule has 0 aliphatic heterocycles. The van der Waals surface area contributed by atoms with Gasteiger partial charge in [-0.25, -0.2) is 0 Å². The van der Waals surface area contributed by atoms with Gasteiger partial charge in [-0.2, -0.15) is 0 Å². The van der Waals surface area contributed by atoms with E-state index < -0.39 is 0 Å². The SMILES string of the molecule is CCCCCCCCCCSN(C=NCCCCCC)CCCCCC. The third kappa shape index (κ3) is 20.1. The number of nitrogens with zero attached hydrogens (tertiary/aromatic N) is 2. The van der Waals surface area contributed by atoms with Crippen LogP contribution in [0.25, 0.3) is 0 Å². The zero-order valence-electron chi connectivity index (χ0n) is 18.3. The molecule has 0 saturated heterocycles. The summed E-state index contributed by atoms with van der Waals surface area (Å²) in [5.74, 6) is 1.25. The summed E-state index contributed by atoms with van der Waals surface area (Å²) in [7, 11) is 0. The molecule has 156 valence electrons. The van der Waals surface area contributed by atoms with Crippen molar-refractivity contribution < 1.29 is 0 Å². The summed E-state index contributed by atoms with van der Waals surface area (Å²) in [5.41, 5.74) is 0. The molecule has 0 aliphatic carbocycles. The summed E-state index contributed by atoms with van der Waals surface area (Å²) in [5, 5.41) is 0. The highest BCUT2D eigenvalue weighted by atomic mass is 32.2. The van der Waals surface area contributed by atoms with Crippen molar-refractivity contribution in [3.05, 3.63) is 0 Å². The molecule has 2 nitrogen and oxygen atoms in total. The lowest BCUT2D eigenvalue weighted by Gasteiger charge is -2.18. The summed E-state index contributed by atoms with van der Waals surface area (Å²) in [6.07, 6.45) is 24.0. The Hall–Kier alpha value is -0.180. The maximum atomic E-state index is 4.68. The van der Waals surface area contributed by atoms with Gasteiger partial charge in [0, 0.05) is 18.8 Å². The van der Waals surface area contributed by atoms with Crippen molar-refractivity contribution in [2.24, 2.45) is 4.99 Å². The van der Waals surface area contributed by atoms with Gasteiger partial charge in [-0.05, 0) is 31.2 Å². The maximum absolute atomic E-state index is 4.68. The first kappa shape index (κ1) is 25.8. The number of aliphatic imine (C=N–C) groups is 1. The molecule has 0 aromatic rings. The molecule has 3 heteroatoms. The van der Waals surface area contributed by atoms with Gasteiger partial charge in [-0.15, -0.1) is 0 Å². The van der Waals surface area contributed by atoms with Gasteiger partial charge in [0.2, 0.25) is 0 Å². The second-order valence-electron chi connectivity index (χ2n) is 7.59. The average Bonchev–Trinajstić information content (AvgIpc) is 2.65. The predicted molar refractivity (Wildman–Crippen MR) is 123 cm³/mol. The minimum Gasteiger partial charge on any atom is -0.307 e. The monoisotopic (exact) mass is 384 g/mol. The number of unbranched alkanes of at least 4 members (excludes halogenated alkanes) is 13. The predicted octanol–water partition coefficient (Wildman–Crippen LogP) is 8.27. The summed E-state index contributed by atoms with van der Waals surface area (Å²) < 4.78 is 2.41. The molecule has 0 heterocycles. The fourth-order valence-electron chi connectivity index (χ4n) is 3.05. The van der Waals surface area contributed by atoms with Crippen molar-refractivity contribution >= 4 is 18.3 Å². The van der Waals surface area contributed by atoms with Crippen molar-refractivity contribution in [3.8, 4) is 0 Å². The quantitative estimate of drug-likeness (QED) is 0.0856. The van der Waals surface area contributed by atoms with Crippen LogP contribution >= 0.6 is 11.9 Å². The normalized spacial score (nSPS) is 11.5. The molecule has 0 aliphatic rings. The lowest BCUT2D eigenvalue weighted by molar-refractivity contribution is 0.575. The van der Waals surface area contributed by atoms with Crippen molar-refractivity contribution in [2.75, 3.05) is 18.8 Å². The fraction of sp³-hybridized carbons (Fsp3) is 0.957. The average molecular weight is 385 g/mol. The first-order valence-electron chi connectivity index (χ1n) is 11.7. The zero-order valence-corrected chi connectivity index (χ0v) is 19.1. The molecule has 0 rings (SSSR count). The highest BCUT2D eigenvalue weighted by Gasteiger charge is 2.01. The summed E-state index contributed by atoms with van der Waals surface area (Å²) >= 11 is 2.00. The standard InChI is InChI=1S/C23H48N2S/c1-4-7-10-13-14-15-16-19-22-26-25(21-18-12-9-6-3)23-24-20-17-11-8-5-2/h23H,4-22H2,1-3H3. The Kier molecular flexibility index (Phi) is 22.7. The van der Waals surface area contributed by atoms with E-state index in [1.54, 1.807) is 0 Å². The van der Waals surface area contributed by atoms with Crippen molar-refractivity contribution in [1.29, 1.82) is 0 Å². The van der Waals surface area contributed by atoms with E-state index in [0.717, 1.165) is 6.54 Å². The van der Waals surface area contributed by atoms with Crippen LogP contribution in [0.1, 0.15) is 124 Å². The first-order valence-corrected chi connectivity index (χ1v) is 12.7. The van der Waals surface area contributed by atoms with Gasteiger partial charge in [0.25, 0.3) is 0 Å². The second kappa shape index (κ2) is 22.9. The first-order chi connectivity index (χ1) is 12.8. The molecule has 0 amide bonds.